The van der Waals surface area contributed by atoms with Crippen molar-refractivity contribution in [3.8, 4) is 11.4 Å². The third-order valence-electron chi connectivity index (χ3n) is 4.34. The topological polar surface area (TPSA) is 80.5 Å². The standard InChI is InChI=1S/C18H24N4O3/c1-24-12-10-19-13-16(23)22-11-6-5-9-15(22)18-20-17(21-25-18)14-7-3-2-4-8-14/h2-4,7-8,15,19H,5-6,9-13H2,1H3. The lowest BCUT2D eigenvalue weighted by Crippen LogP contribution is -2.43. The largest absolute Gasteiger partial charge is 0.383 e. The second-order valence-electron chi connectivity index (χ2n) is 6.09. The number of hydrogen-bond acceptors (Lipinski definition) is 6. The highest BCUT2D eigenvalue weighted by atomic mass is 16.5. The number of carbonyl (C=O) groups excluding carboxylic acids is 1. The van der Waals surface area contributed by atoms with Gasteiger partial charge in [-0.2, -0.15) is 4.98 Å². The molecule has 1 aromatic carbocycles. The Morgan fingerprint density at radius 1 is 1.36 bits per heavy atom. The Morgan fingerprint density at radius 2 is 2.20 bits per heavy atom. The maximum absolute atomic E-state index is 12.6. The quantitative estimate of drug-likeness (QED) is 0.774. The molecule has 1 fully saturated rings. The minimum absolute atomic E-state index is 0.0558. The van der Waals surface area contributed by atoms with Gasteiger partial charge in [0, 0.05) is 25.8 Å². The summed E-state index contributed by atoms with van der Waals surface area (Å²) in [5.74, 6) is 1.14. The molecule has 25 heavy (non-hydrogen) atoms. The summed E-state index contributed by atoms with van der Waals surface area (Å²) in [6.45, 7) is 2.25. The van der Waals surface area contributed by atoms with Crippen molar-refractivity contribution >= 4 is 5.91 Å². The van der Waals surface area contributed by atoms with Crippen LogP contribution in [0.1, 0.15) is 31.2 Å². The van der Waals surface area contributed by atoms with Gasteiger partial charge in [-0.3, -0.25) is 4.79 Å². The molecule has 3 rings (SSSR count). The van der Waals surface area contributed by atoms with Gasteiger partial charge in [0.05, 0.1) is 13.2 Å². The van der Waals surface area contributed by atoms with E-state index in [2.05, 4.69) is 15.5 Å². The monoisotopic (exact) mass is 344 g/mol. The van der Waals surface area contributed by atoms with Crippen LogP contribution in [0.3, 0.4) is 0 Å². The van der Waals surface area contributed by atoms with E-state index in [9.17, 15) is 4.79 Å². The Hall–Kier alpha value is -2.25. The van der Waals surface area contributed by atoms with Crippen molar-refractivity contribution in [1.82, 2.24) is 20.4 Å². The SMILES string of the molecule is COCCNCC(=O)N1CCCCC1c1nc(-c2ccccc2)no1. The zero-order chi connectivity index (χ0) is 17.5. The maximum atomic E-state index is 12.6. The molecule has 1 aromatic heterocycles. The van der Waals surface area contributed by atoms with Crippen LogP contribution in [0.5, 0.6) is 0 Å². The molecule has 1 amide bonds. The van der Waals surface area contributed by atoms with E-state index in [4.69, 9.17) is 9.26 Å². The predicted octanol–water partition coefficient (Wildman–Crippen LogP) is 2.03. The van der Waals surface area contributed by atoms with E-state index in [-0.39, 0.29) is 11.9 Å². The Bertz CT molecular complexity index is 674. The van der Waals surface area contributed by atoms with Crippen molar-refractivity contribution in [2.24, 2.45) is 0 Å². The molecule has 0 radical (unpaired) electrons. The van der Waals surface area contributed by atoms with Crippen LogP contribution in [0.25, 0.3) is 11.4 Å². The number of amides is 1. The molecule has 0 bridgehead atoms. The van der Waals surface area contributed by atoms with Gasteiger partial charge >= 0.3 is 0 Å². The fourth-order valence-corrected chi connectivity index (χ4v) is 3.03. The summed E-state index contributed by atoms with van der Waals surface area (Å²) in [6, 6.07) is 9.57. The summed E-state index contributed by atoms with van der Waals surface area (Å²) in [5.41, 5.74) is 0.910. The summed E-state index contributed by atoms with van der Waals surface area (Å²) in [5, 5.41) is 7.19. The molecule has 1 N–H and O–H groups in total. The summed E-state index contributed by atoms with van der Waals surface area (Å²) in [4.78, 5) is 18.9. The number of methoxy groups -OCH3 is 1. The second kappa shape index (κ2) is 8.73. The highest BCUT2D eigenvalue weighted by Crippen LogP contribution is 2.31. The Labute approximate surface area is 147 Å². The maximum Gasteiger partial charge on any atom is 0.249 e. The van der Waals surface area contributed by atoms with E-state index in [0.717, 1.165) is 31.4 Å². The van der Waals surface area contributed by atoms with Crippen LogP contribution >= 0.6 is 0 Å². The van der Waals surface area contributed by atoms with Crippen LogP contribution in [-0.4, -0.2) is 54.3 Å². The molecule has 0 saturated carbocycles. The van der Waals surface area contributed by atoms with Crippen LogP contribution in [0, 0.1) is 0 Å². The van der Waals surface area contributed by atoms with E-state index in [1.807, 2.05) is 35.2 Å². The molecule has 2 heterocycles. The van der Waals surface area contributed by atoms with Crippen LogP contribution < -0.4 is 5.32 Å². The number of nitrogens with one attached hydrogen (secondary N) is 1. The molecule has 1 atom stereocenters. The molecule has 1 unspecified atom stereocenters. The molecule has 0 spiro atoms. The van der Waals surface area contributed by atoms with Crippen LogP contribution in [0.4, 0.5) is 0 Å². The van der Waals surface area contributed by atoms with Gasteiger partial charge in [0.1, 0.15) is 6.04 Å². The second-order valence-corrected chi connectivity index (χ2v) is 6.09. The normalized spacial score (nSPS) is 17.6. The molecule has 1 aliphatic heterocycles. The molecule has 1 saturated heterocycles. The van der Waals surface area contributed by atoms with Gasteiger partial charge < -0.3 is 19.5 Å². The molecule has 1 aliphatic rings. The number of ether oxygens (including phenoxy) is 1. The van der Waals surface area contributed by atoms with Gasteiger partial charge in [-0.1, -0.05) is 35.5 Å². The van der Waals surface area contributed by atoms with E-state index >= 15 is 0 Å². The molecule has 2 aromatic rings. The van der Waals surface area contributed by atoms with Crippen molar-refractivity contribution in [2.75, 3.05) is 33.4 Å². The lowest BCUT2D eigenvalue weighted by molar-refractivity contribution is -0.134. The Balaban J connectivity index is 1.68. The van der Waals surface area contributed by atoms with Gasteiger partial charge in [0.15, 0.2) is 0 Å². The van der Waals surface area contributed by atoms with E-state index < -0.39 is 0 Å². The molecule has 134 valence electrons. The number of rotatable bonds is 7. The molecule has 7 nitrogen and oxygen atoms in total. The Kier molecular flexibility index (Phi) is 6.14. The van der Waals surface area contributed by atoms with Crippen molar-refractivity contribution in [3.05, 3.63) is 36.2 Å². The first-order valence-corrected chi connectivity index (χ1v) is 8.67. The number of hydrogen-bond donors (Lipinski definition) is 1. The molecule has 0 aliphatic carbocycles. The minimum Gasteiger partial charge on any atom is -0.383 e. The fourth-order valence-electron chi connectivity index (χ4n) is 3.03. The van der Waals surface area contributed by atoms with Crippen molar-refractivity contribution in [1.29, 1.82) is 0 Å². The van der Waals surface area contributed by atoms with Gasteiger partial charge in [-0.05, 0) is 19.3 Å². The first kappa shape index (κ1) is 17.6. The van der Waals surface area contributed by atoms with Crippen LogP contribution in [0.2, 0.25) is 0 Å². The van der Waals surface area contributed by atoms with Gasteiger partial charge in [-0.15, -0.1) is 0 Å². The van der Waals surface area contributed by atoms with Gasteiger partial charge in [0.2, 0.25) is 17.6 Å². The zero-order valence-electron chi connectivity index (χ0n) is 14.5. The highest BCUT2D eigenvalue weighted by molar-refractivity contribution is 5.78. The zero-order valence-corrected chi connectivity index (χ0v) is 14.5. The number of likely N-dealkylation sites (tertiary alicyclic amines) is 1. The highest BCUT2D eigenvalue weighted by Gasteiger charge is 2.31. The van der Waals surface area contributed by atoms with E-state index in [1.165, 1.54) is 0 Å². The minimum atomic E-state index is -0.143. The summed E-state index contributed by atoms with van der Waals surface area (Å²) in [6.07, 6.45) is 2.90. The van der Waals surface area contributed by atoms with E-state index in [0.29, 0.717) is 31.4 Å². The first-order valence-electron chi connectivity index (χ1n) is 8.67. The lowest BCUT2D eigenvalue weighted by Gasteiger charge is -2.33. The lowest BCUT2D eigenvalue weighted by atomic mass is 10.0. The van der Waals surface area contributed by atoms with Crippen molar-refractivity contribution in [2.45, 2.75) is 25.3 Å². The number of nitrogens with zero attached hydrogens (tertiary/aromatic N) is 3. The van der Waals surface area contributed by atoms with Gasteiger partial charge in [0.25, 0.3) is 0 Å². The van der Waals surface area contributed by atoms with Crippen molar-refractivity contribution < 1.29 is 14.1 Å². The number of piperidine rings is 1. The summed E-state index contributed by atoms with van der Waals surface area (Å²) >= 11 is 0. The first-order chi connectivity index (χ1) is 12.3. The third-order valence-corrected chi connectivity index (χ3v) is 4.34. The Morgan fingerprint density at radius 3 is 3.00 bits per heavy atom. The van der Waals surface area contributed by atoms with Crippen LogP contribution in [0.15, 0.2) is 34.9 Å². The summed E-state index contributed by atoms with van der Waals surface area (Å²) in [7, 11) is 1.64. The average Bonchev–Trinajstić information content (AvgIpc) is 3.16. The smallest absolute Gasteiger partial charge is 0.249 e. The molecule has 7 heteroatoms. The summed E-state index contributed by atoms with van der Waals surface area (Å²) < 4.78 is 10.5. The van der Waals surface area contributed by atoms with E-state index in [1.54, 1.807) is 7.11 Å². The number of benzene rings is 1. The number of carbonyl (C=O) groups is 1. The number of aromatic nitrogens is 2. The van der Waals surface area contributed by atoms with Crippen molar-refractivity contribution in [3.63, 3.8) is 0 Å². The molecular formula is C18H24N4O3. The predicted molar refractivity (Wildman–Crippen MR) is 92.8 cm³/mol. The van der Waals surface area contributed by atoms with Gasteiger partial charge in [-0.25, -0.2) is 0 Å². The third kappa shape index (κ3) is 4.43. The average molecular weight is 344 g/mol. The molecular weight excluding hydrogens is 320 g/mol. The fraction of sp³-hybridized carbons (Fsp3) is 0.500. The van der Waals surface area contributed by atoms with Crippen LogP contribution in [-0.2, 0) is 9.53 Å².